The zero-order chi connectivity index (χ0) is 13.7. The van der Waals surface area contributed by atoms with E-state index in [9.17, 15) is 4.39 Å². The Hall–Kier alpha value is -0.640. The van der Waals surface area contributed by atoms with Gasteiger partial charge in [-0.2, -0.15) is 0 Å². The summed E-state index contributed by atoms with van der Waals surface area (Å²) in [5.74, 6) is 0.212. The summed E-state index contributed by atoms with van der Waals surface area (Å²) < 4.78 is 19.5. The topological polar surface area (TPSA) is 21.3 Å². The highest BCUT2D eigenvalue weighted by molar-refractivity contribution is 6.30. The third kappa shape index (κ3) is 3.91. The minimum Gasteiger partial charge on any atom is -0.381 e. The Kier molecular flexibility index (Phi) is 5.61. The van der Waals surface area contributed by atoms with Crippen LogP contribution in [-0.4, -0.2) is 19.8 Å². The molecule has 0 aliphatic carbocycles. The van der Waals surface area contributed by atoms with Crippen LogP contribution in [0.25, 0.3) is 0 Å². The maximum atomic E-state index is 14.1. The summed E-state index contributed by atoms with van der Waals surface area (Å²) in [7, 11) is 0. The van der Waals surface area contributed by atoms with Gasteiger partial charge in [0, 0.05) is 29.8 Å². The molecule has 1 aliphatic rings. The SMILES string of the molecule is CCCNC(c1ccc(Cl)cc1F)C1CCOCC1. The highest BCUT2D eigenvalue weighted by Crippen LogP contribution is 2.32. The van der Waals surface area contributed by atoms with Crippen LogP contribution in [0.3, 0.4) is 0 Å². The zero-order valence-electron chi connectivity index (χ0n) is 11.3. The van der Waals surface area contributed by atoms with Gasteiger partial charge in [0.25, 0.3) is 0 Å². The highest BCUT2D eigenvalue weighted by Gasteiger charge is 2.26. The fraction of sp³-hybridized carbons (Fsp3) is 0.600. The first-order valence-electron chi connectivity index (χ1n) is 6.98. The molecule has 0 radical (unpaired) electrons. The number of hydrogen-bond acceptors (Lipinski definition) is 2. The van der Waals surface area contributed by atoms with Gasteiger partial charge in [-0.3, -0.25) is 0 Å². The molecule has 4 heteroatoms. The molecule has 2 rings (SSSR count). The molecule has 1 heterocycles. The van der Waals surface area contributed by atoms with Crippen LogP contribution < -0.4 is 5.32 Å². The Morgan fingerprint density at radius 3 is 2.79 bits per heavy atom. The molecule has 1 N–H and O–H groups in total. The van der Waals surface area contributed by atoms with Crippen molar-refractivity contribution in [1.82, 2.24) is 5.32 Å². The van der Waals surface area contributed by atoms with E-state index in [0.717, 1.165) is 44.6 Å². The molecular weight excluding hydrogens is 265 g/mol. The second-order valence-electron chi connectivity index (χ2n) is 5.05. The second kappa shape index (κ2) is 7.22. The van der Waals surface area contributed by atoms with Crippen molar-refractivity contribution in [3.63, 3.8) is 0 Å². The van der Waals surface area contributed by atoms with Gasteiger partial charge in [0.05, 0.1) is 0 Å². The Morgan fingerprint density at radius 1 is 1.42 bits per heavy atom. The van der Waals surface area contributed by atoms with Crippen LogP contribution in [0.4, 0.5) is 4.39 Å². The number of hydrogen-bond donors (Lipinski definition) is 1. The van der Waals surface area contributed by atoms with Crippen LogP contribution in [0.5, 0.6) is 0 Å². The van der Waals surface area contributed by atoms with Gasteiger partial charge in [-0.05, 0) is 43.9 Å². The van der Waals surface area contributed by atoms with Gasteiger partial charge >= 0.3 is 0 Å². The Morgan fingerprint density at radius 2 is 2.16 bits per heavy atom. The number of nitrogens with one attached hydrogen (secondary N) is 1. The Balaban J connectivity index is 2.19. The van der Waals surface area contributed by atoms with Crippen LogP contribution in [0.1, 0.15) is 37.8 Å². The predicted octanol–water partition coefficient (Wildman–Crippen LogP) is 3.95. The first-order chi connectivity index (χ1) is 9.22. The molecule has 1 aliphatic heterocycles. The van der Waals surface area contributed by atoms with E-state index >= 15 is 0 Å². The van der Waals surface area contributed by atoms with Crippen LogP contribution in [0.15, 0.2) is 18.2 Å². The summed E-state index contributed by atoms with van der Waals surface area (Å²) in [5.41, 5.74) is 0.727. The smallest absolute Gasteiger partial charge is 0.129 e. The molecule has 1 saturated heterocycles. The fourth-order valence-electron chi connectivity index (χ4n) is 2.63. The number of halogens is 2. The molecule has 1 unspecified atom stereocenters. The molecule has 1 aromatic rings. The predicted molar refractivity (Wildman–Crippen MR) is 76.0 cm³/mol. The Labute approximate surface area is 119 Å². The lowest BCUT2D eigenvalue weighted by Gasteiger charge is -2.31. The van der Waals surface area contributed by atoms with Crippen molar-refractivity contribution in [2.45, 2.75) is 32.2 Å². The largest absolute Gasteiger partial charge is 0.381 e. The summed E-state index contributed by atoms with van der Waals surface area (Å²) in [5, 5.41) is 3.92. The maximum Gasteiger partial charge on any atom is 0.129 e. The standard InChI is InChI=1S/C15H21ClFNO/c1-2-7-18-15(11-5-8-19-9-6-11)13-4-3-12(16)10-14(13)17/h3-4,10-11,15,18H,2,5-9H2,1H3. The molecule has 1 aromatic carbocycles. The lowest BCUT2D eigenvalue weighted by molar-refractivity contribution is 0.0531. The third-order valence-electron chi connectivity index (χ3n) is 3.65. The molecule has 0 bridgehead atoms. The summed E-state index contributed by atoms with van der Waals surface area (Å²) in [6.45, 7) is 4.55. The van der Waals surface area contributed by atoms with E-state index in [4.69, 9.17) is 16.3 Å². The van der Waals surface area contributed by atoms with E-state index < -0.39 is 0 Å². The van der Waals surface area contributed by atoms with Gasteiger partial charge in [-0.1, -0.05) is 24.6 Å². The van der Waals surface area contributed by atoms with Gasteiger partial charge in [0.1, 0.15) is 5.82 Å². The lowest BCUT2D eigenvalue weighted by atomic mass is 9.86. The molecule has 106 valence electrons. The Bertz CT molecular complexity index is 407. The summed E-state index contributed by atoms with van der Waals surface area (Å²) in [4.78, 5) is 0. The number of rotatable bonds is 5. The van der Waals surface area contributed by atoms with E-state index in [0.29, 0.717) is 10.9 Å². The fourth-order valence-corrected chi connectivity index (χ4v) is 2.79. The average Bonchev–Trinajstić information content (AvgIpc) is 2.42. The van der Waals surface area contributed by atoms with Crippen molar-refractivity contribution in [3.05, 3.63) is 34.6 Å². The van der Waals surface area contributed by atoms with E-state index in [2.05, 4.69) is 12.2 Å². The van der Waals surface area contributed by atoms with Crippen LogP contribution in [0, 0.1) is 11.7 Å². The number of ether oxygens (including phenoxy) is 1. The monoisotopic (exact) mass is 285 g/mol. The van der Waals surface area contributed by atoms with Crippen molar-refractivity contribution < 1.29 is 9.13 Å². The molecule has 0 amide bonds. The van der Waals surface area contributed by atoms with Crippen LogP contribution in [0.2, 0.25) is 5.02 Å². The van der Waals surface area contributed by atoms with Crippen molar-refractivity contribution in [2.75, 3.05) is 19.8 Å². The molecule has 0 saturated carbocycles. The molecule has 0 aromatic heterocycles. The van der Waals surface area contributed by atoms with E-state index in [1.807, 2.05) is 0 Å². The molecule has 1 atom stereocenters. The van der Waals surface area contributed by atoms with Crippen molar-refractivity contribution in [3.8, 4) is 0 Å². The maximum absolute atomic E-state index is 14.1. The molecular formula is C15H21ClFNO. The van der Waals surface area contributed by atoms with Gasteiger partial charge in [-0.25, -0.2) is 4.39 Å². The minimum absolute atomic E-state index is 0.0566. The average molecular weight is 286 g/mol. The first-order valence-corrected chi connectivity index (χ1v) is 7.36. The summed E-state index contributed by atoms with van der Waals surface area (Å²) in [6, 6.07) is 5.03. The van der Waals surface area contributed by atoms with Crippen molar-refractivity contribution in [1.29, 1.82) is 0 Å². The van der Waals surface area contributed by atoms with E-state index in [-0.39, 0.29) is 11.9 Å². The van der Waals surface area contributed by atoms with Crippen molar-refractivity contribution >= 4 is 11.6 Å². The number of benzene rings is 1. The minimum atomic E-state index is -0.215. The van der Waals surface area contributed by atoms with Gasteiger partial charge < -0.3 is 10.1 Å². The van der Waals surface area contributed by atoms with E-state index in [1.165, 1.54) is 6.07 Å². The van der Waals surface area contributed by atoms with Gasteiger partial charge in [0.15, 0.2) is 0 Å². The van der Waals surface area contributed by atoms with Gasteiger partial charge in [0.2, 0.25) is 0 Å². The highest BCUT2D eigenvalue weighted by atomic mass is 35.5. The normalized spacial score (nSPS) is 18.5. The first kappa shape index (κ1) is 14.8. The van der Waals surface area contributed by atoms with E-state index in [1.54, 1.807) is 12.1 Å². The lowest BCUT2D eigenvalue weighted by Crippen LogP contribution is -2.33. The molecule has 0 spiro atoms. The van der Waals surface area contributed by atoms with Crippen LogP contribution in [-0.2, 0) is 4.74 Å². The second-order valence-corrected chi connectivity index (χ2v) is 5.48. The molecule has 19 heavy (non-hydrogen) atoms. The summed E-state index contributed by atoms with van der Waals surface area (Å²) >= 11 is 5.83. The third-order valence-corrected chi connectivity index (χ3v) is 3.88. The van der Waals surface area contributed by atoms with Crippen molar-refractivity contribution in [2.24, 2.45) is 5.92 Å². The van der Waals surface area contributed by atoms with Gasteiger partial charge in [-0.15, -0.1) is 0 Å². The zero-order valence-corrected chi connectivity index (χ0v) is 12.0. The molecule has 2 nitrogen and oxygen atoms in total. The summed E-state index contributed by atoms with van der Waals surface area (Å²) in [6.07, 6.45) is 2.99. The molecule has 1 fully saturated rings. The van der Waals surface area contributed by atoms with Crippen LogP contribution >= 0.6 is 11.6 Å². The quantitative estimate of drug-likeness (QED) is 0.884.